The maximum Gasteiger partial charge on any atom is 0.237 e. The second-order valence-electron chi connectivity index (χ2n) is 4.04. The molecular weight excluding hydrogens is 226 g/mol. The van der Waals surface area contributed by atoms with Crippen LogP contribution in [-0.4, -0.2) is 4.98 Å². The monoisotopic (exact) mass is 239 g/mol. The third-order valence-electron chi connectivity index (χ3n) is 2.58. The van der Waals surface area contributed by atoms with Crippen molar-refractivity contribution in [2.45, 2.75) is 13.8 Å². The van der Waals surface area contributed by atoms with E-state index in [9.17, 15) is 0 Å². The van der Waals surface area contributed by atoms with Gasteiger partial charge in [0.05, 0.1) is 0 Å². The highest BCUT2D eigenvalue weighted by Crippen LogP contribution is 2.25. The Labute approximate surface area is 106 Å². The van der Waals surface area contributed by atoms with Crippen molar-refractivity contribution in [1.82, 2.24) is 4.98 Å². The second-order valence-corrected chi connectivity index (χ2v) is 4.04. The van der Waals surface area contributed by atoms with Crippen molar-refractivity contribution in [3.63, 3.8) is 0 Å². The molecule has 2 N–H and O–H groups in total. The molecule has 0 unspecified atom stereocenters. The van der Waals surface area contributed by atoms with Gasteiger partial charge in [-0.25, -0.2) is 4.98 Å². The number of ether oxygens (including phenoxy) is 1. The fraction of sp³-hybridized carbons (Fsp3) is 0.143. The van der Waals surface area contributed by atoms with Crippen molar-refractivity contribution in [2.75, 3.05) is 5.73 Å². The Morgan fingerprint density at radius 2 is 2.00 bits per heavy atom. The van der Waals surface area contributed by atoms with E-state index >= 15 is 0 Å². The van der Waals surface area contributed by atoms with Crippen LogP contribution in [0.3, 0.4) is 0 Å². The van der Waals surface area contributed by atoms with Crippen molar-refractivity contribution in [3.05, 3.63) is 47.2 Å². The summed E-state index contributed by atoms with van der Waals surface area (Å²) in [6.07, 6.45) is 0. The van der Waals surface area contributed by atoms with E-state index in [4.69, 9.17) is 15.7 Å². The topological polar surface area (TPSA) is 71.9 Å². The average molecular weight is 239 g/mol. The molecule has 0 saturated heterocycles. The van der Waals surface area contributed by atoms with Gasteiger partial charge in [-0.3, -0.25) is 0 Å². The highest BCUT2D eigenvalue weighted by Gasteiger charge is 2.07. The molecule has 2 rings (SSSR count). The Balaban J connectivity index is 2.36. The lowest BCUT2D eigenvalue weighted by atomic mass is 10.2. The van der Waals surface area contributed by atoms with Crippen LogP contribution in [0, 0.1) is 25.2 Å². The molecule has 0 radical (unpaired) electrons. The first-order chi connectivity index (χ1) is 8.60. The molecule has 18 heavy (non-hydrogen) atoms. The number of aryl methyl sites for hydroxylation is 2. The van der Waals surface area contributed by atoms with E-state index < -0.39 is 0 Å². The maximum absolute atomic E-state index is 9.00. The number of rotatable bonds is 2. The first-order valence-corrected chi connectivity index (χ1v) is 5.52. The van der Waals surface area contributed by atoms with Crippen LogP contribution < -0.4 is 10.5 Å². The van der Waals surface area contributed by atoms with Gasteiger partial charge in [-0.05, 0) is 49.7 Å². The molecule has 0 atom stereocenters. The lowest BCUT2D eigenvalue weighted by Gasteiger charge is -2.08. The molecule has 90 valence electrons. The Bertz CT molecular complexity index is 629. The number of nitrogens with two attached hydrogens (primary N) is 1. The Hall–Kier alpha value is -2.54. The summed E-state index contributed by atoms with van der Waals surface area (Å²) in [5.41, 5.74) is 8.59. The second kappa shape index (κ2) is 4.76. The molecule has 4 heteroatoms. The quantitative estimate of drug-likeness (QED) is 0.818. The minimum Gasteiger partial charge on any atom is -0.438 e. The molecule has 0 amide bonds. The number of nitriles is 1. The summed E-state index contributed by atoms with van der Waals surface area (Å²) in [5.74, 6) is 0.943. The lowest BCUT2D eigenvalue weighted by molar-refractivity contribution is 0.459. The largest absolute Gasteiger partial charge is 0.438 e. The van der Waals surface area contributed by atoms with Crippen LogP contribution in [-0.2, 0) is 0 Å². The van der Waals surface area contributed by atoms with Crippen LogP contribution in [0.2, 0.25) is 0 Å². The highest BCUT2D eigenvalue weighted by atomic mass is 16.5. The number of nitrogen functional groups attached to an aromatic ring is 1. The number of nitrogens with zero attached hydrogens (tertiary/aromatic N) is 2. The summed E-state index contributed by atoms with van der Waals surface area (Å²) in [6.45, 7) is 3.75. The minimum atomic E-state index is 0.321. The van der Waals surface area contributed by atoms with Gasteiger partial charge in [0.2, 0.25) is 5.88 Å². The number of anilines is 1. The summed E-state index contributed by atoms with van der Waals surface area (Å²) in [4.78, 5) is 4.22. The van der Waals surface area contributed by atoms with E-state index in [-0.39, 0.29) is 0 Å². The van der Waals surface area contributed by atoms with Crippen molar-refractivity contribution >= 4 is 5.69 Å². The van der Waals surface area contributed by atoms with Crippen LogP contribution >= 0.6 is 0 Å². The normalized spacial score (nSPS) is 9.83. The lowest BCUT2D eigenvalue weighted by Crippen LogP contribution is -1.95. The number of aromatic nitrogens is 1. The zero-order valence-electron chi connectivity index (χ0n) is 10.3. The van der Waals surface area contributed by atoms with Gasteiger partial charge < -0.3 is 10.5 Å². The molecule has 0 spiro atoms. The summed E-state index contributed by atoms with van der Waals surface area (Å²) >= 11 is 0. The molecule has 1 aromatic heterocycles. The Morgan fingerprint density at radius 1 is 1.22 bits per heavy atom. The van der Waals surface area contributed by atoms with Gasteiger partial charge in [0, 0.05) is 11.4 Å². The summed E-state index contributed by atoms with van der Waals surface area (Å²) in [6, 6.07) is 10.9. The van der Waals surface area contributed by atoms with Gasteiger partial charge >= 0.3 is 0 Å². The number of hydrogen-bond donors (Lipinski definition) is 1. The molecule has 1 heterocycles. The average Bonchev–Trinajstić information content (AvgIpc) is 2.34. The predicted octanol–water partition coefficient (Wildman–Crippen LogP) is 2.94. The van der Waals surface area contributed by atoms with Gasteiger partial charge in [-0.15, -0.1) is 0 Å². The van der Waals surface area contributed by atoms with Crippen molar-refractivity contribution in [2.24, 2.45) is 0 Å². The molecule has 0 saturated carbocycles. The van der Waals surface area contributed by atoms with Crippen LogP contribution in [0.1, 0.15) is 16.8 Å². The molecule has 0 aliphatic heterocycles. The van der Waals surface area contributed by atoms with E-state index in [0.717, 1.165) is 11.3 Å². The van der Waals surface area contributed by atoms with Gasteiger partial charge in [0.1, 0.15) is 17.4 Å². The summed E-state index contributed by atoms with van der Waals surface area (Å²) < 4.78 is 5.63. The number of pyridine rings is 1. The van der Waals surface area contributed by atoms with E-state index in [1.165, 1.54) is 0 Å². The van der Waals surface area contributed by atoms with Crippen LogP contribution in [0.15, 0.2) is 30.3 Å². The predicted molar refractivity (Wildman–Crippen MR) is 69.4 cm³/mol. The Morgan fingerprint density at radius 3 is 2.67 bits per heavy atom. The van der Waals surface area contributed by atoms with E-state index in [0.29, 0.717) is 22.9 Å². The molecule has 4 nitrogen and oxygen atoms in total. The molecular formula is C14H13N3O. The molecule has 0 fully saturated rings. The fourth-order valence-electron chi connectivity index (χ4n) is 1.52. The molecule has 0 aliphatic carbocycles. The van der Waals surface area contributed by atoms with Crippen LogP contribution in [0.4, 0.5) is 5.69 Å². The Kier molecular flexibility index (Phi) is 3.16. The van der Waals surface area contributed by atoms with Crippen molar-refractivity contribution < 1.29 is 4.74 Å². The van der Waals surface area contributed by atoms with E-state index in [1.54, 1.807) is 24.3 Å². The number of benzene rings is 1. The van der Waals surface area contributed by atoms with Crippen LogP contribution in [0.25, 0.3) is 0 Å². The van der Waals surface area contributed by atoms with Gasteiger partial charge in [-0.1, -0.05) is 0 Å². The molecule has 0 aliphatic rings. The smallest absolute Gasteiger partial charge is 0.237 e. The van der Waals surface area contributed by atoms with Gasteiger partial charge in [0.25, 0.3) is 0 Å². The third-order valence-corrected chi connectivity index (χ3v) is 2.58. The van der Waals surface area contributed by atoms with E-state index in [2.05, 4.69) is 11.1 Å². The summed E-state index contributed by atoms with van der Waals surface area (Å²) in [7, 11) is 0. The van der Waals surface area contributed by atoms with Crippen LogP contribution in [0.5, 0.6) is 11.6 Å². The third kappa shape index (κ3) is 2.41. The standard InChI is InChI=1S/C14H13N3O/c1-9-7-12(5-6-13(9)16)18-14-11(8-15)4-3-10(2)17-14/h3-7H,16H2,1-2H3. The molecule has 2 aromatic rings. The van der Waals surface area contributed by atoms with Gasteiger partial charge in [-0.2, -0.15) is 5.26 Å². The highest BCUT2D eigenvalue weighted by molar-refractivity contribution is 5.50. The van der Waals surface area contributed by atoms with Gasteiger partial charge in [0.15, 0.2) is 0 Å². The van der Waals surface area contributed by atoms with E-state index in [1.807, 2.05) is 19.9 Å². The zero-order valence-corrected chi connectivity index (χ0v) is 10.3. The molecule has 1 aromatic carbocycles. The van der Waals surface area contributed by atoms with Crippen molar-refractivity contribution in [3.8, 4) is 17.7 Å². The first kappa shape index (κ1) is 11.9. The summed E-state index contributed by atoms with van der Waals surface area (Å²) in [5, 5.41) is 9.00. The minimum absolute atomic E-state index is 0.321. The zero-order chi connectivity index (χ0) is 13.1. The SMILES string of the molecule is Cc1ccc(C#N)c(Oc2ccc(N)c(C)c2)n1. The number of hydrogen-bond acceptors (Lipinski definition) is 4. The molecule has 0 bridgehead atoms. The maximum atomic E-state index is 9.00. The fourth-order valence-corrected chi connectivity index (χ4v) is 1.52. The first-order valence-electron chi connectivity index (χ1n) is 5.52. The van der Waals surface area contributed by atoms with Crippen molar-refractivity contribution in [1.29, 1.82) is 5.26 Å².